The number of imide groups is 1. The fraction of sp³-hybridized carbons (Fsp3) is 0.190. The van der Waals surface area contributed by atoms with E-state index in [1.165, 1.54) is 6.07 Å². The predicted molar refractivity (Wildman–Crippen MR) is 109 cm³/mol. The molecule has 2 aliphatic rings. The van der Waals surface area contributed by atoms with Gasteiger partial charge in [0, 0.05) is 18.7 Å². The average Bonchev–Trinajstić information content (AvgIpc) is 3.32. The van der Waals surface area contributed by atoms with Gasteiger partial charge in [0.1, 0.15) is 0 Å². The van der Waals surface area contributed by atoms with Crippen LogP contribution in [0.5, 0.6) is 11.5 Å². The predicted octanol–water partition coefficient (Wildman–Crippen LogP) is 3.90. The topological polar surface area (TPSA) is 84.9 Å². The second-order valence-corrected chi connectivity index (χ2v) is 7.77. The molecular formula is C21H15F3N2O5S. The molecule has 11 heteroatoms. The Kier molecular flexibility index (Phi) is 5.83. The number of thioether (sulfide) groups is 1. The first-order chi connectivity index (χ1) is 15.2. The highest BCUT2D eigenvalue weighted by Crippen LogP contribution is 2.36. The number of nitrogens with zero attached hydrogens (tertiary/aromatic N) is 1. The number of carbonyl (C=O) groups excluding carboxylic acids is 3. The van der Waals surface area contributed by atoms with E-state index in [0.717, 1.165) is 34.9 Å². The number of carbonyl (C=O) groups is 3. The monoisotopic (exact) mass is 464 g/mol. The lowest BCUT2D eigenvalue weighted by Gasteiger charge is -2.13. The summed E-state index contributed by atoms with van der Waals surface area (Å²) in [6.07, 6.45) is -3.02. The standard InChI is InChI=1S/C21H15F3N2O5S/c22-21(23,24)14-3-1-2-13(10-14)18(27)25-6-7-26-19(28)17(32-20(26)29)9-12-4-5-15-16(8-12)31-11-30-15/h1-5,8-10H,6-7,11H2,(H,25,27)/b17-9-. The van der Waals surface area contributed by atoms with Crippen LogP contribution in [-0.4, -0.2) is 41.8 Å². The molecule has 2 aromatic carbocycles. The van der Waals surface area contributed by atoms with Gasteiger partial charge in [-0.1, -0.05) is 12.1 Å². The van der Waals surface area contributed by atoms with Crippen LogP contribution in [0.15, 0.2) is 47.4 Å². The zero-order valence-corrected chi connectivity index (χ0v) is 17.1. The smallest absolute Gasteiger partial charge is 0.416 e. The quantitative estimate of drug-likeness (QED) is 0.676. The molecule has 0 saturated carbocycles. The largest absolute Gasteiger partial charge is 0.454 e. The van der Waals surface area contributed by atoms with Gasteiger partial charge >= 0.3 is 6.18 Å². The van der Waals surface area contributed by atoms with E-state index in [4.69, 9.17) is 9.47 Å². The Bertz CT molecular complexity index is 1130. The molecule has 2 heterocycles. The van der Waals surface area contributed by atoms with Crippen molar-refractivity contribution in [2.24, 2.45) is 0 Å². The summed E-state index contributed by atoms with van der Waals surface area (Å²) in [6.45, 7) is -0.111. The van der Waals surface area contributed by atoms with Crippen molar-refractivity contribution in [1.29, 1.82) is 0 Å². The van der Waals surface area contributed by atoms with Crippen LogP contribution in [0.25, 0.3) is 6.08 Å². The van der Waals surface area contributed by atoms with Crippen LogP contribution < -0.4 is 14.8 Å². The van der Waals surface area contributed by atoms with Crippen molar-refractivity contribution in [2.45, 2.75) is 6.18 Å². The van der Waals surface area contributed by atoms with E-state index in [1.54, 1.807) is 24.3 Å². The van der Waals surface area contributed by atoms with Gasteiger partial charge < -0.3 is 14.8 Å². The average molecular weight is 464 g/mol. The van der Waals surface area contributed by atoms with Gasteiger partial charge in [-0.3, -0.25) is 19.3 Å². The molecule has 0 aromatic heterocycles. The van der Waals surface area contributed by atoms with Crippen LogP contribution in [0.2, 0.25) is 0 Å². The molecule has 1 saturated heterocycles. The Morgan fingerprint density at radius 2 is 1.91 bits per heavy atom. The number of nitrogens with one attached hydrogen (secondary N) is 1. The zero-order chi connectivity index (χ0) is 22.9. The van der Waals surface area contributed by atoms with Crippen LogP contribution in [-0.2, 0) is 11.0 Å². The van der Waals surface area contributed by atoms with Gasteiger partial charge in [0.25, 0.3) is 17.1 Å². The van der Waals surface area contributed by atoms with E-state index in [1.807, 2.05) is 0 Å². The number of rotatable bonds is 5. The van der Waals surface area contributed by atoms with Gasteiger partial charge in [-0.25, -0.2) is 0 Å². The van der Waals surface area contributed by atoms with Gasteiger partial charge in [0.2, 0.25) is 6.79 Å². The van der Waals surface area contributed by atoms with E-state index in [2.05, 4.69) is 5.32 Å². The Hall–Kier alpha value is -3.47. The van der Waals surface area contributed by atoms with Crippen molar-refractivity contribution < 1.29 is 37.0 Å². The number of hydrogen-bond acceptors (Lipinski definition) is 6. The van der Waals surface area contributed by atoms with Crippen LogP contribution in [0.4, 0.5) is 18.0 Å². The van der Waals surface area contributed by atoms with Crippen molar-refractivity contribution >= 4 is 34.9 Å². The van der Waals surface area contributed by atoms with Crippen molar-refractivity contribution in [1.82, 2.24) is 10.2 Å². The molecule has 0 aliphatic carbocycles. The maximum Gasteiger partial charge on any atom is 0.416 e. The molecule has 0 unspecified atom stereocenters. The number of amides is 3. The molecular weight excluding hydrogens is 449 g/mol. The maximum absolute atomic E-state index is 12.8. The SMILES string of the molecule is O=C(NCCN1C(=O)S/C(=C\c2ccc3c(c2)OCO3)C1=O)c1cccc(C(F)(F)F)c1. The minimum atomic E-state index is -4.57. The van der Waals surface area contributed by atoms with Crippen molar-refractivity contribution in [3.05, 3.63) is 64.1 Å². The summed E-state index contributed by atoms with van der Waals surface area (Å²) in [5.74, 6) is -0.132. The first-order valence-corrected chi connectivity index (χ1v) is 10.1. The second kappa shape index (κ2) is 8.58. The van der Waals surface area contributed by atoms with Crippen LogP contribution in [0.3, 0.4) is 0 Å². The molecule has 7 nitrogen and oxygen atoms in total. The lowest BCUT2D eigenvalue weighted by atomic mass is 10.1. The Balaban J connectivity index is 1.36. The molecule has 3 amide bonds. The van der Waals surface area contributed by atoms with E-state index < -0.39 is 28.8 Å². The van der Waals surface area contributed by atoms with Crippen molar-refractivity contribution in [2.75, 3.05) is 19.9 Å². The summed E-state index contributed by atoms with van der Waals surface area (Å²) < 4.78 is 48.9. The number of benzene rings is 2. The Morgan fingerprint density at radius 3 is 2.69 bits per heavy atom. The lowest BCUT2D eigenvalue weighted by Crippen LogP contribution is -2.37. The highest BCUT2D eigenvalue weighted by Gasteiger charge is 2.35. The van der Waals surface area contributed by atoms with Crippen molar-refractivity contribution in [3.8, 4) is 11.5 Å². The molecule has 0 bridgehead atoms. The molecule has 166 valence electrons. The highest BCUT2D eigenvalue weighted by molar-refractivity contribution is 8.18. The maximum atomic E-state index is 12.8. The summed E-state index contributed by atoms with van der Waals surface area (Å²) in [4.78, 5) is 38.1. The lowest BCUT2D eigenvalue weighted by molar-refractivity contribution is -0.137. The summed E-state index contributed by atoms with van der Waals surface area (Å²) in [5.41, 5.74) is -0.459. The minimum absolute atomic E-state index is 0.107. The fourth-order valence-electron chi connectivity index (χ4n) is 3.07. The molecule has 2 aliphatic heterocycles. The van der Waals surface area contributed by atoms with Crippen LogP contribution in [0.1, 0.15) is 21.5 Å². The highest BCUT2D eigenvalue weighted by atomic mass is 32.2. The molecule has 1 N–H and O–H groups in total. The third-order valence-electron chi connectivity index (χ3n) is 4.64. The van der Waals surface area contributed by atoms with E-state index >= 15 is 0 Å². The second-order valence-electron chi connectivity index (χ2n) is 6.78. The fourth-order valence-corrected chi connectivity index (χ4v) is 3.93. The number of hydrogen-bond donors (Lipinski definition) is 1. The summed E-state index contributed by atoms with van der Waals surface area (Å²) >= 11 is 0.759. The van der Waals surface area contributed by atoms with E-state index in [0.29, 0.717) is 17.1 Å². The van der Waals surface area contributed by atoms with Gasteiger partial charge in [-0.15, -0.1) is 0 Å². The van der Waals surface area contributed by atoms with Gasteiger partial charge in [0.05, 0.1) is 10.5 Å². The summed E-state index contributed by atoms with van der Waals surface area (Å²) in [5, 5.41) is 1.92. The summed E-state index contributed by atoms with van der Waals surface area (Å²) in [7, 11) is 0. The van der Waals surface area contributed by atoms with Crippen LogP contribution in [0, 0.1) is 0 Å². The zero-order valence-electron chi connectivity index (χ0n) is 16.3. The number of alkyl halides is 3. The third kappa shape index (κ3) is 4.57. The van der Waals surface area contributed by atoms with Crippen LogP contribution >= 0.6 is 11.8 Å². The van der Waals surface area contributed by atoms with Gasteiger partial charge in [0.15, 0.2) is 11.5 Å². The van der Waals surface area contributed by atoms with E-state index in [9.17, 15) is 27.6 Å². The first-order valence-electron chi connectivity index (χ1n) is 9.33. The third-order valence-corrected chi connectivity index (χ3v) is 5.55. The number of ether oxygens (including phenoxy) is 2. The normalized spacial score (nSPS) is 16.7. The van der Waals surface area contributed by atoms with Gasteiger partial charge in [-0.2, -0.15) is 13.2 Å². The number of fused-ring (bicyclic) bond motifs is 1. The molecule has 2 aromatic rings. The van der Waals surface area contributed by atoms with E-state index in [-0.39, 0.29) is 30.4 Å². The molecule has 0 radical (unpaired) electrons. The molecule has 1 fully saturated rings. The molecule has 0 spiro atoms. The molecule has 32 heavy (non-hydrogen) atoms. The molecule has 0 atom stereocenters. The Morgan fingerprint density at radius 1 is 1.12 bits per heavy atom. The Labute approximate surface area is 184 Å². The first kappa shape index (κ1) is 21.8. The minimum Gasteiger partial charge on any atom is -0.454 e. The van der Waals surface area contributed by atoms with Gasteiger partial charge in [-0.05, 0) is 53.7 Å². The summed E-state index contributed by atoms with van der Waals surface area (Å²) in [6, 6.07) is 9.09. The number of halogens is 3. The van der Waals surface area contributed by atoms with Crippen molar-refractivity contribution in [3.63, 3.8) is 0 Å². The molecule has 4 rings (SSSR count).